The molecule has 0 atom stereocenters. The maximum Gasteiger partial charge on any atom is 0.416 e. The molecular formula is C25H24F6N2. The van der Waals surface area contributed by atoms with Gasteiger partial charge >= 0.3 is 12.4 Å². The van der Waals surface area contributed by atoms with Crippen LogP contribution in [-0.4, -0.2) is 28.2 Å². The highest BCUT2D eigenvalue weighted by Gasteiger charge is 2.37. The van der Waals surface area contributed by atoms with Gasteiger partial charge in [-0.05, 0) is 59.2 Å². The van der Waals surface area contributed by atoms with Crippen LogP contribution >= 0.6 is 0 Å². The maximum absolute atomic E-state index is 13.5. The lowest BCUT2D eigenvalue weighted by molar-refractivity contribution is -0.143. The molecule has 0 unspecified atom stereocenters. The molecule has 0 aromatic heterocycles. The zero-order valence-electron chi connectivity index (χ0n) is 18.6. The molecule has 3 aromatic rings. The van der Waals surface area contributed by atoms with Crippen LogP contribution in [-0.2, 0) is 12.4 Å². The predicted octanol–water partition coefficient (Wildman–Crippen LogP) is 7.04. The van der Waals surface area contributed by atoms with Crippen LogP contribution in [0.4, 0.5) is 37.7 Å². The van der Waals surface area contributed by atoms with Crippen molar-refractivity contribution < 1.29 is 26.3 Å². The van der Waals surface area contributed by atoms with Crippen molar-refractivity contribution in [2.24, 2.45) is 0 Å². The first-order chi connectivity index (χ1) is 15.3. The highest BCUT2D eigenvalue weighted by molar-refractivity contribution is 5.54. The van der Waals surface area contributed by atoms with Crippen molar-refractivity contribution >= 4 is 11.4 Å². The van der Waals surface area contributed by atoms with E-state index in [9.17, 15) is 26.3 Å². The van der Waals surface area contributed by atoms with Gasteiger partial charge in [-0.2, -0.15) is 26.3 Å². The molecule has 3 rings (SSSR count). The lowest BCUT2D eigenvalue weighted by atomic mass is 9.83. The molecule has 0 aliphatic carbocycles. The minimum Gasteiger partial charge on any atom is -0.378 e. The van der Waals surface area contributed by atoms with E-state index in [2.05, 4.69) is 0 Å². The summed E-state index contributed by atoms with van der Waals surface area (Å²) in [5, 5.41) is 0. The van der Waals surface area contributed by atoms with Gasteiger partial charge in [0.15, 0.2) is 0 Å². The number of halogens is 6. The molecule has 0 bridgehead atoms. The van der Waals surface area contributed by atoms with E-state index in [1.54, 1.807) is 48.5 Å². The van der Waals surface area contributed by atoms with Gasteiger partial charge in [-0.15, -0.1) is 0 Å². The number of rotatable bonds is 5. The van der Waals surface area contributed by atoms with E-state index in [0.29, 0.717) is 11.1 Å². The quantitative estimate of drug-likeness (QED) is 0.294. The van der Waals surface area contributed by atoms with Gasteiger partial charge < -0.3 is 9.80 Å². The average molecular weight is 466 g/mol. The zero-order valence-corrected chi connectivity index (χ0v) is 18.6. The Bertz CT molecular complexity index is 998. The van der Waals surface area contributed by atoms with Crippen LogP contribution in [0.1, 0.15) is 33.7 Å². The summed E-state index contributed by atoms with van der Waals surface area (Å²) in [6, 6.07) is 15.8. The smallest absolute Gasteiger partial charge is 0.378 e. The highest BCUT2D eigenvalue weighted by Crippen LogP contribution is 2.41. The van der Waals surface area contributed by atoms with Gasteiger partial charge in [-0.3, -0.25) is 0 Å². The Morgan fingerprint density at radius 2 is 0.848 bits per heavy atom. The Balaban J connectivity index is 2.24. The van der Waals surface area contributed by atoms with Gasteiger partial charge in [0, 0.05) is 45.5 Å². The van der Waals surface area contributed by atoms with Crippen LogP contribution in [0.25, 0.3) is 0 Å². The Morgan fingerprint density at radius 3 is 1.12 bits per heavy atom. The van der Waals surface area contributed by atoms with E-state index in [4.69, 9.17) is 0 Å². The lowest BCUT2D eigenvalue weighted by Gasteiger charge is -2.23. The fourth-order valence-corrected chi connectivity index (χ4v) is 3.65. The Labute approximate surface area is 189 Å². The molecule has 0 fully saturated rings. The van der Waals surface area contributed by atoms with Gasteiger partial charge in [0.2, 0.25) is 0 Å². The van der Waals surface area contributed by atoms with Crippen LogP contribution in [0.15, 0.2) is 66.7 Å². The minimum atomic E-state index is -4.91. The van der Waals surface area contributed by atoms with Crippen molar-refractivity contribution in [1.82, 2.24) is 0 Å². The molecule has 0 radical (unpaired) electrons. The number of hydrogen-bond donors (Lipinski definition) is 0. The molecule has 0 N–H and O–H groups in total. The predicted molar refractivity (Wildman–Crippen MR) is 119 cm³/mol. The van der Waals surface area contributed by atoms with Crippen molar-refractivity contribution in [3.05, 3.63) is 94.5 Å². The zero-order chi connectivity index (χ0) is 24.6. The number of anilines is 2. The van der Waals surface area contributed by atoms with Crippen molar-refractivity contribution in [3.63, 3.8) is 0 Å². The van der Waals surface area contributed by atoms with E-state index in [1.165, 1.54) is 0 Å². The van der Waals surface area contributed by atoms with Gasteiger partial charge in [-0.1, -0.05) is 24.3 Å². The van der Waals surface area contributed by atoms with Crippen molar-refractivity contribution in [1.29, 1.82) is 0 Å². The topological polar surface area (TPSA) is 6.48 Å². The monoisotopic (exact) mass is 466 g/mol. The fourth-order valence-electron chi connectivity index (χ4n) is 3.65. The third-order valence-electron chi connectivity index (χ3n) is 5.43. The third-order valence-corrected chi connectivity index (χ3v) is 5.43. The Morgan fingerprint density at radius 1 is 0.515 bits per heavy atom. The lowest BCUT2D eigenvalue weighted by Crippen LogP contribution is -2.14. The number of hydrogen-bond acceptors (Lipinski definition) is 2. The van der Waals surface area contributed by atoms with E-state index < -0.39 is 29.4 Å². The second-order valence-corrected chi connectivity index (χ2v) is 8.24. The molecular weight excluding hydrogens is 442 g/mol. The highest BCUT2D eigenvalue weighted by atomic mass is 19.4. The first kappa shape index (κ1) is 24.5. The average Bonchev–Trinajstić information content (AvgIpc) is 2.73. The molecule has 3 aromatic carbocycles. The molecule has 0 amide bonds. The summed E-state index contributed by atoms with van der Waals surface area (Å²) in [5.74, 6) is -0.819. The van der Waals surface area contributed by atoms with Crippen LogP contribution in [0.3, 0.4) is 0 Å². The van der Waals surface area contributed by atoms with Crippen molar-refractivity contribution in [3.8, 4) is 0 Å². The molecule has 0 saturated heterocycles. The van der Waals surface area contributed by atoms with Crippen molar-refractivity contribution in [2.45, 2.75) is 18.3 Å². The standard InChI is InChI=1S/C25H24F6N2/c1-32(2)21-9-5-16(6-10-21)23(17-7-11-22(12-8-17)33(3)4)18-13-19(24(26,27)28)15-20(14-18)25(29,30)31/h5-15,23H,1-4H3. The summed E-state index contributed by atoms with van der Waals surface area (Å²) in [4.78, 5) is 3.72. The van der Waals surface area contributed by atoms with E-state index >= 15 is 0 Å². The normalized spacial score (nSPS) is 12.2. The summed E-state index contributed by atoms with van der Waals surface area (Å²) in [6.07, 6.45) is -9.83. The van der Waals surface area contributed by atoms with Gasteiger partial charge in [0.25, 0.3) is 0 Å². The third kappa shape index (κ3) is 5.61. The first-order valence-corrected chi connectivity index (χ1v) is 10.1. The van der Waals surface area contributed by atoms with E-state index in [-0.39, 0.29) is 11.6 Å². The summed E-state index contributed by atoms with van der Waals surface area (Å²) in [7, 11) is 7.37. The van der Waals surface area contributed by atoms with Crippen LogP contribution < -0.4 is 9.80 Å². The largest absolute Gasteiger partial charge is 0.416 e. The maximum atomic E-state index is 13.5. The molecule has 0 saturated carbocycles. The second-order valence-electron chi connectivity index (χ2n) is 8.24. The number of nitrogens with zero attached hydrogens (tertiary/aromatic N) is 2. The molecule has 0 heterocycles. The minimum absolute atomic E-state index is 0.0765. The van der Waals surface area contributed by atoms with E-state index in [0.717, 1.165) is 23.5 Å². The van der Waals surface area contributed by atoms with Crippen molar-refractivity contribution in [2.75, 3.05) is 38.0 Å². The van der Waals surface area contributed by atoms with Gasteiger partial charge in [0.1, 0.15) is 0 Å². The molecule has 0 aliphatic heterocycles. The summed E-state index contributed by atoms with van der Waals surface area (Å²) in [6.45, 7) is 0. The SMILES string of the molecule is CN(C)c1ccc(C(c2ccc(N(C)C)cc2)c2cc(C(F)(F)F)cc(C(F)(F)F)c2)cc1. The van der Waals surface area contributed by atoms with Gasteiger partial charge in [0.05, 0.1) is 11.1 Å². The Hall–Kier alpha value is -3.16. The van der Waals surface area contributed by atoms with E-state index in [1.807, 2.05) is 38.0 Å². The summed E-state index contributed by atoms with van der Waals surface area (Å²) >= 11 is 0. The molecule has 8 heteroatoms. The van der Waals surface area contributed by atoms with Crippen LogP contribution in [0, 0.1) is 0 Å². The second kappa shape index (κ2) is 9.00. The van der Waals surface area contributed by atoms with Crippen LogP contribution in [0.2, 0.25) is 0 Å². The molecule has 33 heavy (non-hydrogen) atoms. The summed E-state index contributed by atoms with van der Waals surface area (Å²) < 4.78 is 81.1. The number of benzene rings is 3. The fraction of sp³-hybridized carbons (Fsp3) is 0.280. The van der Waals surface area contributed by atoms with Crippen LogP contribution in [0.5, 0.6) is 0 Å². The first-order valence-electron chi connectivity index (χ1n) is 10.1. The summed E-state index contributed by atoms with van der Waals surface area (Å²) in [5.41, 5.74) is 0.170. The van der Waals surface area contributed by atoms with Gasteiger partial charge in [-0.25, -0.2) is 0 Å². The Kier molecular flexibility index (Phi) is 6.68. The molecule has 176 valence electrons. The number of alkyl halides is 6. The molecule has 0 spiro atoms. The molecule has 2 nitrogen and oxygen atoms in total. The molecule has 0 aliphatic rings.